The molecule has 0 atom stereocenters. The number of benzene rings is 1. The van der Waals surface area contributed by atoms with Crippen molar-refractivity contribution in [2.45, 2.75) is 26.3 Å². The minimum atomic E-state index is -0.151. The molecule has 0 radical (unpaired) electrons. The molecule has 0 aliphatic carbocycles. The summed E-state index contributed by atoms with van der Waals surface area (Å²) in [5, 5.41) is 5.91. The van der Waals surface area contributed by atoms with Crippen LogP contribution in [0.5, 0.6) is 0 Å². The summed E-state index contributed by atoms with van der Waals surface area (Å²) < 4.78 is 14.0. The van der Waals surface area contributed by atoms with Gasteiger partial charge in [0.2, 0.25) is 5.91 Å². The van der Waals surface area contributed by atoms with Crippen LogP contribution in [-0.4, -0.2) is 32.6 Å². The van der Waals surface area contributed by atoms with E-state index in [0.29, 0.717) is 12.5 Å². The van der Waals surface area contributed by atoms with Crippen molar-refractivity contribution in [2.75, 3.05) is 31.6 Å². The monoisotopic (exact) mass is 293 g/mol. The zero-order valence-electron chi connectivity index (χ0n) is 12.8. The van der Waals surface area contributed by atoms with E-state index < -0.39 is 0 Å². The number of carbonyl (C=O) groups excluding carboxylic acids is 1. The van der Waals surface area contributed by atoms with E-state index in [0.717, 1.165) is 43.7 Å². The van der Waals surface area contributed by atoms with Crippen LogP contribution in [0.4, 0.5) is 10.1 Å². The Balaban J connectivity index is 1.99. The molecule has 0 spiro atoms. The lowest BCUT2D eigenvalue weighted by Gasteiger charge is -2.35. The SMILES string of the molecule is CNCc1c(F)cccc1N1CCC(CNC(C)=O)CC1. The maximum Gasteiger partial charge on any atom is 0.216 e. The quantitative estimate of drug-likeness (QED) is 0.871. The lowest BCUT2D eigenvalue weighted by atomic mass is 9.95. The second-order valence-corrected chi connectivity index (χ2v) is 5.64. The fourth-order valence-electron chi connectivity index (χ4n) is 2.86. The van der Waals surface area contributed by atoms with Crippen molar-refractivity contribution in [3.05, 3.63) is 29.6 Å². The smallest absolute Gasteiger partial charge is 0.216 e. The molecule has 116 valence electrons. The largest absolute Gasteiger partial charge is 0.371 e. The van der Waals surface area contributed by atoms with Crippen LogP contribution in [0.1, 0.15) is 25.3 Å². The third-order valence-electron chi connectivity index (χ3n) is 4.04. The summed E-state index contributed by atoms with van der Waals surface area (Å²) in [4.78, 5) is 13.2. The van der Waals surface area contributed by atoms with E-state index in [2.05, 4.69) is 15.5 Å². The number of carbonyl (C=O) groups is 1. The van der Waals surface area contributed by atoms with Crippen molar-refractivity contribution >= 4 is 11.6 Å². The Morgan fingerprint density at radius 1 is 1.38 bits per heavy atom. The number of piperidine rings is 1. The normalized spacial score (nSPS) is 16.0. The Kier molecular flexibility index (Phi) is 5.56. The van der Waals surface area contributed by atoms with Gasteiger partial charge >= 0.3 is 0 Å². The molecule has 2 rings (SSSR count). The first-order chi connectivity index (χ1) is 10.1. The van der Waals surface area contributed by atoms with Crippen molar-refractivity contribution in [1.82, 2.24) is 10.6 Å². The Labute approximate surface area is 125 Å². The molecule has 0 bridgehead atoms. The molecule has 1 amide bonds. The van der Waals surface area contributed by atoms with E-state index in [1.165, 1.54) is 6.07 Å². The fraction of sp³-hybridized carbons (Fsp3) is 0.562. The summed E-state index contributed by atoms with van der Waals surface area (Å²) in [6, 6.07) is 5.27. The van der Waals surface area contributed by atoms with Crippen molar-refractivity contribution in [3.8, 4) is 0 Å². The number of rotatable bonds is 5. The lowest BCUT2D eigenvalue weighted by Crippen LogP contribution is -2.38. The first kappa shape index (κ1) is 15.8. The van der Waals surface area contributed by atoms with Crippen LogP contribution in [0, 0.1) is 11.7 Å². The first-order valence-electron chi connectivity index (χ1n) is 7.53. The number of nitrogens with one attached hydrogen (secondary N) is 2. The molecule has 2 N–H and O–H groups in total. The topological polar surface area (TPSA) is 44.4 Å². The van der Waals surface area contributed by atoms with Crippen LogP contribution < -0.4 is 15.5 Å². The van der Waals surface area contributed by atoms with E-state index in [1.807, 2.05) is 13.1 Å². The van der Waals surface area contributed by atoms with Gasteiger partial charge in [0, 0.05) is 44.4 Å². The number of hydrogen-bond acceptors (Lipinski definition) is 3. The van der Waals surface area contributed by atoms with Gasteiger partial charge < -0.3 is 15.5 Å². The van der Waals surface area contributed by atoms with Crippen LogP contribution in [0.15, 0.2) is 18.2 Å². The van der Waals surface area contributed by atoms with Crippen LogP contribution in [0.2, 0.25) is 0 Å². The minimum Gasteiger partial charge on any atom is -0.371 e. The second kappa shape index (κ2) is 7.41. The highest BCUT2D eigenvalue weighted by Crippen LogP contribution is 2.27. The van der Waals surface area contributed by atoms with Gasteiger partial charge in [0.25, 0.3) is 0 Å². The predicted octanol–water partition coefficient (Wildman–Crippen LogP) is 1.90. The van der Waals surface area contributed by atoms with Gasteiger partial charge in [-0.05, 0) is 37.9 Å². The summed E-state index contributed by atoms with van der Waals surface area (Å²) in [5.41, 5.74) is 1.72. The third-order valence-corrected chi connectivity index (χ3v) is 4.04. The molecular formula is C16H24FN3O. The van der Waals surface area contributed by atoms with E-state index in [-0.39, 0.29) is 11.7 Å². The maximum atomic E-state index is 14.0. The standard InChI is InChI=1S/C16H24FN3O/c1-12(21)19-10-13-6-8-20(9-7-13)16-5-3-4-15(17)14(16)11-18-2/h3-5,13,18H,6-11H2,1-2H3,(H,19,21). The van der Waals surface area contributed by atoms with Gasteiger partial charge in [-0.3, -0.25) is 4.79 Å². The molecule has 0 aromatic heterocycles. The lowest BCUT2D eigenvalue weighted by molar-refractivity contribution is -0.119. The second-order valence-electron chi connectivity index (χ2n) is 5.64. The van der Waals surface area contributed by atoms with Crippen LogP contribution in [0.25, 0.3) is 0 Å². The molecule has 21 heavy (non-hydrogen) atoms. The van der Waals surface area contributed by atoms with Crippen molar-refractivity contribution in [3.63, 3.8) is 0 Å². The first-order valence-corrected chi connectivity index (χ1v) is 7.53. The van der Waals surface area contributed by atoms with E-state index in [9.17, 15) is 9.18 Å². The fourth-order valence-corrected chi connectivity index (χ4v) is 2.86. The molecule has 4 nitrogen and oxygen atoms in total. The summed E-state index contributed by atoms with van der Waals surface area (Å²) in [7, 11) is 1.83. The zero-order chi connectivity index (χ0) is 15.2. The molecule has 1 heterocycles. The molecule has 5 heteroatoms. The summed E-state index contributed by atoms with van der Waals surface area (Å²) >= 11 is 0. The molecule has 1 aliphatic heterocycles. The molecule has 0 saturated carbocycles. The molecule has 1 aliphatic rings. The molecular weight excluding hydrogens is 269 g/mol. The van der Waals surface area contributed by atoms with E-state index >= 15 is 0 Å². The average Bonchev–Trinajstić information content (AvgIpc) is 2.48. The van der Waals surface area contributed by atoms with Crippen LogP contribution in [0.3, 0.4) is 0 Å². The Morgan fingerprint density at radius 3 is 2.71 bits per heavy atom. The van der Waals surface area contributed by atoms with Gasteiger partial charge in [-0.15, -0.1) is 0 Å². The molecule has 1 saturated heterocycles. The van der Waals surface area contributed by atoms with Crippen LogP contribution in [-0.2, 0) is 11.3 Å². The number of halogens is 1. The number of nitrogens with zero attached hydrogens (tertiary/aromatic N) is 1. The Bertz CT molecular complexity index is 484. The third kappa shape index (κ3) is 4.17. The highest BCUT2D eigenvalue weighted by atomic mass is 19.1. The van der Waals surface area contributed by atoms with Crippen molar-refractivity contribution in [1.29, 1.82) is 0 Å². The molecule has 1 aromatic rings. The summed E-state index contributed by atoms with van der Waals surface area (Å²) in [6.45, 7) is 4.64. The Hall–Kier alpha value is -1.62. The zero-order valence-corrected chi connectivity index (χ0v) is 12.8. The number of amides is 1. The van der Waals surface area contributed by atoms with Gasteiger partial charge in [0.15, 0.2) is 0 Å². The maximum absolute atomic E-state index is 14.0. The predicted molar refractivity (Wildman–Crippen MR) is 82.8 cm³/mol. The van der Waals surface area contributed by atoms with E-state index in [4.69, 9.17) is 0 Å². The van der Waals surface area contributed by atoms with Crippen molar-refractivity contribution < 1.29 is 9.18 Å². The number of anilines is 1. The average molecular weight is 293 g/mol. The van der Waals surface area contributed by atoms with Gasteiger partial charge in [-0.2, -0.15) is 0 Å². The Morgan fingerprint density at radius 2 is 2.10 bits per heavy atom. The highest BCUT2D eigenvalue weighted by Gasteiger charge is 2.22. The molecule has 1 fully saturated rings. The summed E-state index contributed by atoms with van der Waals surface area (Å²) in [6.07, 6.45) is 2.05. The molecule has 0 unspecified atom stereocenters. The molecule has 1 aromatic carbocycles. The van der Waals surface area contributed by atoms with E-state index in [1.54, 1.807) is 13.0 Å². The minimum absolute atomic E-state index is 0.0267. The number of hydrogen-bond donors (Lipinski definition) is 2. The van der Waals surface area contributed by atoms with Crippen LogP contribution >= 0.6 is 0 Å². The van der Waals surface area contributed by atoms with Gasteiger partial charge in [-0.1, -0.05) is 6.07 Å². The van der Waals surface area contributed by atoms with Crippen molar-refractivity contribution in [2.24, 2.45) is 5.92 Å². The summed E-state index contributed by atoms with van der Waals surface area (Å²) in [5.74, 6) is 0.396. The highest BCUT2D eigenvalue weighted by molar-refractivity contribution is 5.72. The van der Waals surface area contributed by atoms with Gasteiger partial charge in [-0.25, -0.2) is 4.39 Å². The van der Waals surface area contributed by atoms with Gasteiger partial charge in [0.05, 0.1) is 0 Å². The van der Waals surface area contributed by atoms with Gasteiger partial charge in [0.1, 0.15) is 5.82 Å².